The molecule has 0 spiro atoms. The maximum Gasteiger partial charge on any atom is 0.254 e. The van der Waals surface area contributed by atoms with Gasteiger partial charge in [-0.3, -0.25) is 4.79 Å². The van der Waals surface area contributed by atoms with Crippen molar-refractivity contribution in [2.24, 2.45) is 0 Å². The first-order valence-corrected chi connectivity index (χ1v) is 7.10. The topological polar surface area (TPSA) is 40.5 Å². The summed E-state index contributed by atoms with van der Waals surface area (Å²) in [5.41, 5.74) is 2.47. The van der Waals surface area contributed by atoms with Crippen LogP contribution in [0.25, 0.3) is 0 Å². The normalized spacial score (nSPS) is 12.0. The molecule has 0 heterocycles. The van der Waals surface area contributed by atoms with Crippen LogP contribution in [0.1, 0.15) is 34.5 Å². The minimum Gasteiger partial charge on any atom is -0.508 e. The molecular formula is C17H18ClNO2. The molecule has 1 N–H and O–H groups in total. The molecule has 0 saturated heterocycles. The summed E-state index contributed by atoms with van der Waals surface area (Å²) in [5, 5.41) is 9.96. The predicted molar refractivity (Wildman–Crippen MR) is 84.8 cm³/mol. The van der Waals surface area contributed by atoms with Gasteiger partial charge in [-0.05, 0) is 55.3 Å². The SMILES string of the molecule is Cc1cc(Cl)ccc1C(=O)N(C)C(C)c1ccc(O)cc1. The molecule has 1 amide bonds. The molecule has 0 radical (unpaired) electrons. The van der Waals surface area contributed by atoms with E-state index in [4.69, 9.17) is 11.6 Å². The van der Waals surface area contributed by atoms with Gasteiger partial charge in [0.1, 0.15) is 5.75 Å². The number of phenolic OH excluding ortho intramolecular Hbond substituents is 1. The molecule has 3 nitrogen and oxygen atoms in total. The van der Waals surface area contributed by atoms with Gasteiger partial charge in [0, 0.05) is 17.6 Å². The number of benzene rings is 2. The molecule has 110 valence electrons. The molecule has 0 saturated carbocycles. The number of aryl methyl sites for hydroxylation is 1. The number of aromatic hydroxyl groups is 1. The van der Waals surface area contributed by atoms with Gasteiger partial charge in [0.15, 0.2) is 0 Å². The Bertz CT molecular complexity index is 652. The average Bonchev–Trinajstić information content (AvgIpc) is 2.46. The number of hydrogen-bond donors (Lipinski definition) is 1. The Morgan fingerprint density at radius 2 is 1.81 bits per heavy atom. The van der Waals surface area contributed by atoms with Crippen LogP contribution in [-0.4, -0.2) is 23.0 Å². The van der Waals surface area contributed by atoms with Crippen molar-refractivity contribution in [3.05, 3.63) is 64.2 Å². The Kier molecular flexibility index (Phi) is 4.53. The molecule has 21 heavy (non-hydrogen) atoms. The van der Waals surface area contributed by atoms with E-state index in [0.29, 0.717) is 10.6 Å². The summed E-state index contributed by atoms with van der Waals surface area (Å²) in [6.07, 6.45) is 0. The fourth-order valence-electron chi connectivity index (χ4n) is 2.21. The Balaban J connectivity index is 2.24. The lowest BCUT2D eigenvalue weighted by molar-refractivity contribution is 0.0742. The summed E-state index contributed by atoms with van der Waals surface area (Å²) >= 11 is 5.93. The molecule has 0 fully saturated rings. The fraction of sp³-hybridized carbons (Fsp3) is 0.235. The smallest absolute Gasteiger partial charge is 0.254 e. The van der Waals surface area contributed by atoms with Gasteiger partial charge in [-0.15, -0.1) is 0 Å². The Morgan fingerprint density at radius 1 is 1.19 bits per heavy atom. The largest absolute Gasteiger partial charge is 0.508 e. The molecule has 2 rings (SSSR count). The van der Waals surface area contributed by atoms with Gasteiger partial charge < -0.3 is 10.0 Å². The highest BCUT2D eigenvalue weighted by Gasteiger charge is 2.20. The first-order chi connectivity index (χ1) is 9.90. The quantitative estimate of drug-likeness (QED) is 0.923. The Labute approximate surface area is 129 Å². The molecule has 0 aliphatic carbocycles. The zero-order chi connectivity index (χ0) is 15.6. The van der Waals surface area contributed by atoms with Crippen LogP contribution >= 0.6 is 11.6 Å². The van der Waals surface area contributed by atoms with Crippen molar-refractivity contribution in [3.8, 4) is 5.75 Å². The molecular weight excluding hydrogens is 286 g/mol. The molecule has 4 heteroatoms. The van der Waals surface area contributed by atoms with Crippen LogP contribution in [0.3, 0.4) is 0 Å². The second-order valence-corrected chi connectivity index (χ2v) is 5.58. The Morgan fingerprint density at radius 3 is 2.38 bits per heavy atom. The molecule has 0 aliphatic heterocycles. The molecule has 0 aromatic heterocycles. The van der Waals surface area contributed by atoms with Crippen LogP contribution in [0.5, 0.6) is 5.75 Å². The third-order valence-electron chi connectivity index (χ3n) is 3.70. The third-order valence-corrected chi connectivity index (χ3v) is 3.93. The standard InChI is InChI=1S/C17H18ClNO2/c1-11-10-14(18)6-9-16(11)17(21)19(3)12(2)13-4-7-15(20)8-5-13/h4-10,12,20H,1-3H3. The van der Waals surface area contributed by atoms with E-state index >= 15 is 0 Å². The van der Waals surface area contributed by atoms with Gasteiger partial charge in [-0.2, -0.15) is 0 Å². The van der Waals surface area contributed by atoms with E-state index < -0.39 is 0 Å². The van der Waals surface area contributed by atoms with Crippen LogP contribution in [0.4, 0.5) is 0 Å². The van der Waals surface area contributed by atoms with E-state index in [2.05, 4.69) is 0 Å². The number of phenols is 1. The summed E-state index contributed by atoms with van der Waals surface area (Å²) < 4.78 is 0. The highest BCUT2D eigenvalue weighted by Crippen LogP contribution is 2.24. The predicted octanol–water partition coefficient (Wildman–Crippen LogP) is 4.19. The highest BCUT2D eigenvalue weighted by atomic mass is 35.5. The second-order valence-electron chi connectivity index (χ2n) is 5.14. The van der Waals surface area contributed by atoms with Crippen LogP contribution < -0.4 is 0 Å². The van der Waals surface area contributed by atoms with Crippen molar-refractivity contribution in [2.75, 3.05) is 7.05 Å². The van der Waals surface area contributed by atoms with Crippen molar-refractivity contribution >= 4 is 17.5 Å². The number of carbonyl (C=O) groups excluding carboxylic acids is 1. The number of carbonyl (C=O) groups is 1. The number of hydrogen-bond acceptors (Lipinski definition) is 2. The minimum atomic E-state index is -0.0896. The number of halogens is 1. The highest BCUT2D eigenvalue weighted by molar-refractivity contribution is 6.30. The summed E-state index contributed by atoms with van der Waals surface area (Å²) in [6.45, 7) is 3.83. The van der Waals surface area contributed by atoms with Crippen LogP contribution in [0, 0.1) is 6.92 Å². The van der Waals surface area contributed by atoms with E-state index in [1.807, 2.05) is 26.0 Å². The number of nitrogens with zero attached hydrogens (tertiary/aromatic N) is 1. The van der Waals surface area contributed by atoms with Crippen LogP contribution in [0.15, 0.2) is 42.5 Å². The maximum absolute atomic E-state index is 12.6. The van der Waals surface area contributed by atoms with Gasteiger partial charge in [-0.25, -0.2) is 0 Å². The summed E-state index contributed by atoms with van der Waals surface area (Å²) in [7, 11) is 1.77. The molecule has 0 aliphatic rings. The van der Waals surface area contributed by atoms with Crippen molar-refractivity contribution in [1.29, 1.82) is 0 Å². The summed E-state index contributed by atoms with van der Waals surface area (Å²) in [4.78, 5) is 14.3. The molecule has 2 aromatic rings. The lowest BCUT2D eigenvalue weighted by Gasteiger charge is -2.26. The summed E-state index contributed by atoms with van der Waals surface area (Å²) in [6, 6.07) is 12.1. The number of amides is 1. The summed E-state index contributed by atoms with van der Waals surface area (Å²) in [5.74, 6) is 0.165. The molecule has 1 unspecified atom stereocenters. The minimum absolute atomic E-state index is 0.0512. The van der Waals surface area contributed by atoms with E-state index in [0.717, 1.165) is 11.1 Å². The fourth-order valence-corrected chi connectivity index (χ4v) is 2.44. The van der Waals surface area contributed by atoms with E-state index in [9.17, 15) is 9.90 Å². The third kappa shape index (κ3) is 3.37. The van der Waals surface area contributed by atoms with E-state index in [-0.39, 0.29) is 17.7 Å². The zero-order valence-electron chi connectivity index (χ0n) is 12.3. The molecule has 0 bridgehead atoms. The lowest BCUT2D eigenvalue weighted by atomic mass is 10.0. The van der Waals surface area contributed by atoms with Gasteiger partial charge in [0.2, 0.25) is 0 Å². The second kappa shape index (κ2) is 6.19. The molecule has 2 aromatic carbocycles. The zero-order valence-corrected chi connectivity index (χ0v) is 13.1. The average molecular weight is 304 g/mol. The van der Waals surface area contributed by atoms with Gasteiger partial charge >= 0.3 is 0 Å². The van der Waals surface area contributed by atoms with Gasteiger partial charge in [0.25, 0.3) is 5.91 Å². The van der Waals surface area contributed by atoms with Crippen molar-refractivity contribution < 1.29 is 9.90 Å². The van der Waals surface area contributed by atoms with Gasteiger partial charge in [-0.1, -0.05) is 23.7 Å². The molecule has 1 atom stereocenters. The van der Waals surface area contributed by atoms with Crippen LogP contribution in [0.2, 0.25) is 5.02 Å². The first kappa shape index (κ1) is 15.4. The van der Waals surface area contributed by atoms with Crippen LogP contribution in [-0.2, 0) is 0 Å². The first-order valence-electron chi connectivity index (χ1n) is 6.72. The van der Waals surface area contributed by atoms with Crippen molar-refractivity contribution in [1.82, 2.24) is 4.90 Å². The maximum atomic E-state index is 12.6. The monoisotopic (exact) mass is 303 g/mol. The van der Waals surface area contributed by atoms with E-state index in [1.54, 1.807) is 42.3 Å². The Hall–Kier alpha value is -2.00. The van der Waals surface area contributed by atoms with Gasteiger partial charge in [0.05, 0.1) is 6.04 Å². The number of rotatable bonds is 3. The lowest BCUT2D eigenvalue weighted by Crippen LogP contribution is -2.30. The van der Waals surface area contributed by atoms with E-state index in [1.165, 1.54) is 0 Å². The van der Waals surface area contributed by atoms with Crippen molar-refractivity contribution in [2.45, 2.75) is 19.9 Å². The van der Waals surface area contributed by atoms with Crippen molar-refractivity contribution in [3.63, 3.8) is 0 Å².